The lowest BCUT2D eigenvalue weighted by molar-refractivity contribution is -0.121. The number of rotatable bonds is 4. The summed E-state index contributed by atoms with van der Waals surface area (Å²) >= 11 is 1.42. The Morgan fingerprint density at radius 1 is 1.07 bits per heavy atom. The maximum absolute atomic E-state index is 13.0. The molecule has 1 atom stereocenters. The smallest absolute Gasteiger partial charge is 0.264 e. The van der Waals surface area contributed by atoms with Gasteiger partial charge in [0.1, 0.15) is 6.04 Å². The average Bonchev–Trinajstić information content (AvgIpc) is 3.29. The van der Waals surface area contributed by atoms with Gasteiger partial charge in [-0.2, -0.15) is 0 Å². The Hall–Kier alpha value is -2.38. The molecule has 4 rings (SSSR count). The predicted octanol–water partition coefficient (Wildman–Crippen LogP) is 3.22. The standard InChI is InChI=1S/C21H25N3O3S/c25-20(18-7-1-2-9-24(18)21(26)19-8-4-14-28-19)22-16-5-3-6-17(15-16)23-10-12-27-13-11-23/h3-6,8,14-15,18H,1-2,7,9-13H2,(H,22,25). The summed E-state index contributed by atoms with van der Waals surface area (Å²) in [6, 6.07) is 11.2. The molecule has 2 saturated heterocycles. The zero-order chi connectivity index (χ0) is 19.3. The minimum absolute atomic E-state index is 0.0445. The fraction of sp³-hybridized carbons (Fsp3) is 0.429. The van der Waals surface area contributed by atoms with Crippen molar-refractivity contribution in [2.75, 3.05) is 43.1 Å². The van der Waals surface area contributed by atoms with E-state index >= 15 is 0 Å². The Morgan fingerprint density at radius 3 is 2.71 bits per heavy atom. The van der Waals surface area contributed by atoms with Gasteiger partial charge in [-0.3, -0.25) is 9.59 Å². The second-order valence-corrected chi connectivity index (χ2v) is 8.07. The van der Waals surface area contributed by atoms with E-state index in [1.807, 2.05) is 41.8 Å². The van der Waals surface area contributed by atoms with Gasteiger partial charge in [0.15, 0.2) is 0 Å². The number of morpholine rings is 1. The monoisotopic (exact) mass is 399 g/mol. The van der Waals surface area contributed by atoms with Crippen LogP contribution in [0.5, 0.6) is 0 Å². The second-order valence-electron chi connectivity index (χ2n) is 7.13. The van der Waals surface area contributed by atoms with Crippen molar-refractivity contribution in [3.8, 4) is 0 Å². The van der Waals surface area contributed by atoms with E-state index in [4.69, 9.17) is 4.74 Å². The topological polar surface area (TPSA) is 61.9 Å². The van der Waals surface area contributed by atoms with Gasteiger partial charge in [-0.1, -0.05) is 12.1 Å². The summed E-state index contributed by atoms with van der Waals surface area (Å²) in [7, 11) is 0. The Kier molecular flexibility index (Phi) is 5.92. The number of ether oxygens (including phenoxy) is 1. The first-order valence-corrected chi connectivity index (χ1v) is 10.7. The van der Waals surface area contributed by atoms with E-state index in [9.17, 15) is 9.59 Å². The molecule has 1 unspecified atom stereocenters. The Morgan fingerprint density at radius 2 is 1.93 bits per heavy atom. The van der Waals surface area contributed by atoms with Crippen LogP contribution in [0.2, 0.25) is 0 Å². The van der Waals surface area contributed by atoms with Gasteiger partial charge in [-0.25, -0.2) is 0 Å². The van der Waals surface area contributed by atoms with Crippen LogP contribution in [-0.2, 0) is 9.53 Å². The molecule has 2 aliphatic rings. The van der Waals surface area contributed by atoms with Crippen LogP contribution in [-0.4, -0.2) is 55.6 Å². The van der Waals surface area contributed by atoms with E-state index < -0.39 is 6.04 Å². The van der Waals surface area contributed by atoms with Crippen molar-refractivity contribution in [2.24, 2.45) is 0 Å². The summed E-state index contributed by atoms with van der Waals surface area (Å²) in [6.07, 6.45) is 2.60. The van der Waals surface area contributed by atoms with Crippen LogP contribution in [0.1, 0.15) is 28.9 Å². The van der Waals surface area contributed by atoms with Crippen LogP contribution < -0.4 is 10.2 Å². The molecule has 28 heavy (non-hydrogen) atoms. The normalized spacial score (nSPS) is 20.1. The maximum atomic E-state index is 13.0. The van der Waals surface area contributed by atoms with Crippen LogP contribution in [0.15, 0.2) is 41.8 Å². The van der Waals surface area contributed by atoms with E-state index in [0.29, 0.717) is 17.8 Å². The summed E-state index contributed by atoms with van der Waals surface area (Å²) in [5.41, 5.74) is 1.85. The van der Waals surface area contributed by atoms with Gasteiger partial charge < -0.3 is 19.9 Å². The van der Waals surface area contributed by atoms with Crippen molar-refractivity contribution < 1.29 is 14.3 Å². The van der Waals surface area contributed by atoms with E-state index in [2.05, 4.69) is 10.2 Å². The molecule has 148 valence electrons. The van der Waals surface area contributed by atoms with Gasteiger partial charge >= 0.3 is 0 Å². The lowest BCUT2D eigenvalue weighted by Gasteiger charge is -2.34. The number of likely N-dealkylation sites (tertiary alicyclic amines) is 1. The van der Waals surface area contributed by atoms with Crippen LogP contribution in [0, 0.1) is 0 Å². The number of hydrogen-bond donors (Lipinski definition) is 1. The van der Waals surface area contributed by atoms with Crippen molar-refractivity contribution in [1.29, 1.82) is 0 Å². The van der Waals surface area contributed by atoms with E-state index in [1.165, 1.54) is 11.3 Å². The lowest BCUT2D eigenvalue weighted by atomic mass is 10.0. The number of piperidine rings is 1. The molecule has 7 heteroatoms. The molecule has 1 aromatic carbocycles. The highest BCUT2D eigenvalue weighted by Gasteiger charge is 2.33. The first kappa shape index (κ1) is 19.0. The third-order valence-corrected chi connectivity index (χ3v) is 6.15. The highest BCUT2D eigenvalue weighted by Crippen LogP contribution is 2.25. The van der Waals surface area contributed by atoms with E-state index in [0.717, 1.165) is 50.5 Å². The summed E-state index contributed by atoms with van der Waals surface area (Å²) in [5, 5.41) is 4.93. The number of benzene rings is 1. The molecular formula is C21H25N3O3S. The number of carbonyl (C=O) groups is 2. The molecule has 0 radical (unpaired) electrons. The zero-order valence-electron chi connectivity index (χ0n) is 15.8. The molecule has 1 N–H and O–H groups in total. The zero-order valence-corrected chi connectivity index (χ0v) is 16.6. The van der Waals surface area contributed by atoms with Gasteiger partial charge in [0, 0.05) is 31.0 Å². The Labute approximate surface area is 169 Å². The Bertz CT molecular complexity index is 818. The minimum Gasteiger partial charge on any atom is -0.378 e. The van der Waals surface area contributed by atoms with Gasteiger partial charge in [-0.15, -0.1) is 11.3 Å². The minimum atomic E-state index is -0.421. The van der Waals surface area contributed by atoms with Crippen molar-refractivity contribution in [2.45, 2.75) is 25.3 Å². The molecule has 0 saturated carbocycles. The molecule has 2 aliphatic heterocycles. The average molecular weight is 400 g/mol. The first-order valence-electron chi connectivity index (χ1n) is 9.80. The molecule has 1 aromatic heterocycles. The lowest BCUT2D eigenvalue weighted by Crippen LogP contribution is -2.49. The van der Waals surface area contributed by atoms with Crippen LogP contribution >= 0.6 is 11.3 Å². The second kappa shape index (κ2) is 8.75. The van der Waals surface area contributed by atoms with Crippen molar-refractivity contribution in [3.05, 3.63) is 46.7 Å². The number of amides is 2. The van der Waals surface area contributed by atoms with Gasteiger partial charge in [-0.05, 0) is 48.9 Å². The fourth-order valence-corrected chi connectivity index (χ4v) is 4.50. The van der Waals surface area contributed by atoms with Crippen LogP contribution in [0.25, 0.3) is 0 Å². The molecule has 2 aromatic rings. The largest absolute Gasteiger partial charge is 0.378 e. The number of nitrogens with zero attached hydrogens (tertiary/aromatic N) is 2. The molecule has 3 heterocycles. The van der Waals surface area contributed by atoms with Gasteiger partial charge in [0.2, 0.25) is 5.91 Å². The quantitative estimate of drug-likeness (QED) is 0.858. The molecule has 2 fully saturated rings. The van der Waals surface area contributed by atoms with Crippen LogP contribution in [0.3, 0.4) is 0 Å². The van der Waals surface area contributed by atoms with Gasteiger partial charge in [0.25, 0.3) is 5.91 Å². The third-order valence-electron chi connectivity index (χ3n) is 5.29. The summed E-state index contributed by atoms with van der Waals surface area (Å²) in [6.45, 7) is 3.77. The van der Waals surface area contributed by atoms with Gasteiger partial charge in [0.05, 0.1) is 18.1 Å². The highest BCUT2D eigenvalue weighted by molar-refractivity contribution is 7.12. The summed E-state index contributed by atoms with van der Waals surface area (Å²) < 4.78 is 5.41. The summed E-state index contributed by atoms with van der Waals surface area (Å²) in [5.74, 6) is -0.152. The molecule has 0 bridgehead atoms. The van der Waals surface area contributed by atoms with Crippen molar-refractivity contribution in [3.63, 3.8) is 0 Å². The molecule has 2 amide bonds. The van der Waals surface area contributed by atoms with E-state index in [1.54, 1.807) is 4.90 Å². The summed E-state index contributed by atoms with van der Waals surface area (Å²) in [4.78, 5) is 30.5. The van der Waals surface area contributed by atoms with E-state index in [-0.39, 0.29) is 11.8 Å². The fourth-order valence-electron chi connectivity index (χ4n) is 3.82. The third kappa shape index (κ3) is 4.20. The number of thiophene rings is 1. The number of carbonyl (C=O) groups excluding carboxylic acids is 2. The number of hydrogen-bond acceptors (Lipinski definition) is 5. The molecule has 0 aliphatic carbocycles. The SMILES string of the molecule is O=C(Nc1cccc(N2CCOCC2)c1)C1CCCCN1C(=O)c1cccs1. The first-order chi connectivity index (χ1) is 13.7. The predicted molar refractivity (Wildman–Crippen MR) is 111 cm³/mol. The molecular weight excluding hydrogens is 374 g/mol. The maximum Gasteiger partial charge on any atom is 0.264 e. The van der Waals surface area contributed by atoms with Crippen molar-refractivity contribution in [1.82, 2.24) is 4.90 Å². The number of nitrogens with one attached hydrogen (secondary N) is 1. The molecule has 0 spiro atoms. The Balaban J connectivity index is 1.46. The molecule has 6 nitrogen and oxygen atoms in total. The van der Waals surface area contributed by atoms with Crippen LogP contribution in [0.4, 0.5) is 11.4 Å². The highest BCUT2D eigenvalue weighted by atomic mass is 32.1. The van der Waals surface area contributed by atoms with Crippen molar-refractivity contribution >= 4 is 34.5 Å². The number of anilines is 2.